The largest absolute Gasteiger partial charge is 0.406 e. The highest BCUT2D eigenvalue weighted by Crippen LogP contribution is 2.36. The Labute approximate surface area is 135 Å². The Kier molecular flexibility index (Phi) is 6.27. The second-order valence-corrected chi connectivity index (χ2v) is 6.60. The third-order valence-corrected chi connectivity index (χ3v) is 4.46. The molecule has 23 heavy (non-hydrogen) atoms. The molecule has 0 unspecified atom stereocenters. The van der Waals surface area contributed by atoms with E-state index in [0.717, 1.165) is 30.8 Å². The third-order valence-electron chi connectivity index (χ3n) is 4.46. The fourth-order valence-corrected chi connectivity index (χ4v) is 2.92. The molecule has 1 saturated carbocycles. The fraction of sp³-hybridized carbons (Fsp3) is 0.933. The lowest BCUT2D eigenvalue weighted by molar-refractivity contribution is -0.165. The van der Waals surface area contributed by atoms with E-state index >= 15 is 0 Å². The van der Waals surface area contributed by atoms with E-state index in [1.165, 1.54) is 0 Å². The van der Waals surface area contributed by atoms with Crippen molar-refractivity contribution in [3.05, 3.63) is 0 Å². The Bertz CT molecular complexity index is 402. The molecule has 2 fully saturated rings. The van der Waals surface area contributed by atoms with Gasteiger partial charge in [-0.1, -0.05) is 0 Å². The summed E-state index contributed by atoms with van der Waals surface area (Å²) in [7, 11) is 1.99. The van der Waals surface area contributed by atoms with Crippen LogP contribution in [0.1, 0.15) is 19.8 Å². The van der Waals surface area contributed by atoms with E-state index in [9.17, 15) is 18.0 Å². The molecule has 0 aromatic heterocycles. The van der Waals surface area contributed by atoms with Gasteiger partial charge in [0.25, 0.3) is 0 Å². The molecule has 1 N–H and O–H groups in total. The van der Waals surface area contributed by atoms with Crippen molar-refractivity contribution < 1.29 is 22.7 Å². The van der Waals surface area contributed by atoms with Gasteiger partial charge >= 0.3 is 6.18 Å². The predicted molar refractivity (Wildman–Crippen MR) is 80.1 cm³/mol. The zero-order valence-corrected chi connectivity index (χ0v) is 13.7. The van der Waals surface area contributed by atoms with Gasteiger partial charge in [-0.2, -0.15) is 13.2 Å². The molecule has 0 spiro atoms. The number of hydrogen-bond acceptors (Lipinski definition) is 4. The van der Waals surface area contributed by atoms with Crippen LogP contribution >= 0.6 is 0 Å². The Morgan fingerprint density at radius 3 is 2.70 bits per heavy atom. The maximum atomic E-state index is 12.7. The summed E-state index contributed by atoms with van der Waals surface area (Å²) in [4.78, 5) is 15.3. The highest BCUT2D eigenvalue weighted by atomic mass is 19.4. The van der Waals surface area contributed by atoms with E-state index in [4.69, 9.17) is 4.74 Å². The summed E-state index contributed by atoms with van der Waals surface area (Å²) in [5.74, 6) is -0.289. The fourth-order valence-electron chi connectivity index (χ4n) is 2.92. The number of nitrogens with zero attached hydrogens (tertiary/aromatic N) is 2. The van der Waals surface area contributed by atoms with Gasteiger partial charge < -0.3 is 19.9 Å². The molecule has 1 heterocycles. The molecular weight excluding hydrogens is 311 g/mol. The predicted octanol–water partition coefficient (Wildman–Crippen LogP) is 1.10. The zero-order chi connectivity index (χ0) is 17.0. The summed E-state index contributed by atoms with van der Waals surface area (Å²) in [6, 6.07) is -0.358. The first kappa shape index (κ1) is 18.5. The van der Waals surface area contributed by atoms with Crippen LogP contribution in [-0.2, 0) is 9.53 Å². The number of halogens is 3. The van der Waals surface area contributed by atoms with Crippen LogP contribution in [0.15, 0.2) is 0 Å². The van der Waals surface area contributed by atoms with Crippen LogP contribution in [0, 0.1) is 5.92 Å². The number of alkyl halides is 3. The topological polar surface area (TPSA) is 44.8 Å². The number of morpholine rings is 1. The Morgan fingerprint density at radius 1 is 1.43 bits per heavy atom. The normalized spacial score (nSPS) is 24.5. The molecule has 1 aliphatic heterocycles. The van der Waals surface area contributed by atoms with Gasteiger partial charge in [0.15, 0.2) is 0 Å². The number of carbonyl (C=O) groups excluding carboxylic acids is 1. The maximum absolute atomic E-state index is 12.7. The Balaban J connectivity index is 1.79. The van der Waals surface area contributed by atoms with Gasteiger partial charge in [-0.25, -0.2) is 0 Å². The highest BCUT2D eigenvalue weighted by Gasteiger charge is 2.40. The lowest BCUT2D eigenvalue weighted by atomic mass is 10.1. The van der Waals surface area contributed by atoms with Crippen molar-refractivity contribution in [1.29, 1.82) is 0 Å². The van der Waals surface area contributed by atoms with Crippen LogP contribution in [0.5, 0.6) is 0 Å². The number of carbonyl (C=O) groups is 1. The molecule has 0 aromatic rings. The number of nitrogens with one attached hydrogen (secondary N) is 1. The second-order valence-electron chi connectivity index (χ2n) is 6.60. The molecule has 2 rings (SSSR count). The van der Waals surface area contributed by atoms with E-state index in [1.807, 2.05) is 7.05 Å². The van der Waals surface area contributed by atoms with E-state index in [0.29, 0.717) is 13.2 Å². The molecular formula is C15H26F3N3O2. The van der Waals surface area contributed by atoms with E-state index < -0.39 is 18.6 Å². The zero-order valence-electron chi connectivity index (χ0n) is 13.7. The number of hydrogen-bond donors (Lipinski definition) is 1. The van der Waals surface area contributed by atoms with Crippen LogP contribution < -0.4 is 5.32 Å². The molecule has 0 radical (unpaired) electrons. The minimum atomic E-state index is -4.37. The van der Waals surface area contributed by atoms with E-state index in [-0.39, 0.29) is 24.6 Å². The van der Waals surface area contributed by atoms with Crippen LogP contribution in [0.3, 0.4) is 0 Å². The van der Waals surface area contributed by atoms with Crippen LogP contribution in [-0.4, -0.2) is 80.4 Å². The van der Waals surface area contributed by atoms with E-state index in [1.54, 1.807) is 6.92 Å². The molecule has 5 nitrogen and oxygen atoms in total. The van der Waals surface area contributed by atoms with Gasteiger partial charge in [-0.15, -0.1) is 0 Å². The van der Waals surface area contributed by atoms with Crippen LogP contribution in [0.2, 0.25) is 0 Å². The minimum Gasteiger partial charge on any atom is -0.374 e. The third kappa shape index (κ3) is 6.27. The number of amides is 1. The van der Waals surface area contributed by atoms with Crippen molar-refractivity contribution in [3.8, 4) is 0 Å². The van der Waals surface area contributed by atoms with E-state index in [2.05, 4.69) is 10.2 Å². The van der Waals surface area contributed by atoms with Crippen molar-refractivity contribution in [2.45, 2.75) is 38.1 Å². The van der Waals surface area contributed by atoms with Gasteiger partial charge in [0.1, 0.15) is 6.54 Å². The molecule has 0 aromatic carbocycles. The molecule has 1 saturated heterocycles. The molecule has 0 bridgehead atoms. The number of rotatable bonds is 7. The first-order chi connectivity index (χ1) is 10.8. The average molecular weight is 337 g/mol. The lowest BCUT2D eigenvalue weighted by Gasteiger charge is -2.32. The van der Waals surface area contributed by atoms with Crippen LogP contribution in [0.4, 0.5) is 13.2 Å². The average Bonchev–Trinajstić information content (AvgIpc) is 3.27. The Hall–Kier alpha value is -0.860. The first-order valence-corrected chi connectivity index (χ1v) is 8.13. The van der Waals surface area contributed by atoms with Crippen molar-refractivity contribution >= 4 is 5.91 Å². The standard InChI is InChI=1S/C15H26F3N3O2/c1-11(12-3-4-12)21(10-15(16,17)18)14(22)8-19-7-13-9-20(2)5-6-23-13/h11-13,19H,3-10H2,1-2H3/t11-,13-/m0/s1. The van der Waals surface area contributed by atoms with Gasteiger partial charge in [-0.05, 0) is 32.7 Å². The summed E-state index contributed by atoms with van der Waals surface area (Å²) in [5.41, 5.74) is 0. The maximum Gasteiger partial charge on any atom is 0.406 e. The summed E-state index contributed by atoms with van der Waals surface area (Å²) < 4.78 is 43.7. The first-order valence-electron chi connectivity index (χ1n) is 8.13. The second kappa shape index (κ2) is 7.81. The van der Waals surface area contributed by atoms with Crippen molar-refractivity contribution in [2.24, 2.45) is 5.92 Å². The highest BCUT2D eigenvalue weighted by molar-refractivity contribution is 5.78. The molecule has 2 atom stereocenters. The smallest absolute Gasteiger partial charge is 0.374 e. The van der Waals surface area contributed by atoms with Crippen molar-refractivity contribution in [3.63, 3.8) is 0 Å². The molecule has 1 amide bonds. The Morgan fingerprint density at radius 2 is 2.13 bits per heavy atom. The van der Waals surface area contributed by atoms with Crippen LogP contribution in [0.25, 0.3) is 0 Å². The van der Waals surface area contributed by atoms with Crippen molar-refractivity contribution in [1.82, 2.24) is 15.1 Å². The minimum absolute atomic E-state index is 0.0292. The lowest BCUT2D eigenvalue weighted by Crippen LogP contribution is -2.50. The summed E-state index contributed by atoms with van der Waals surface area (Å²) >= 11 is 0. The summed E-state index contributed by atoms with van der Waals surface area (Å²) in [5, 5.41) is 2.95. The van der Waals surface area contributed by atoms with Gasteiger partial charge in [-0.3, -0.25) is 4.79 Å². The summed E-state index contributed by atoms with van der Waals surface area (Å²) in [6.45, 7) is 3.17. The molecule has 134 valence electrons. The monoisotopic (exact) mass is 337 g/mol. The number of ether oxygens (including phenoxy) is 1. The molecule has 2 aliphatic rings. The van der Waals surface area contributed by atoms with Gasteiger partial charge in [0.05, 0.1) is 19.3 Å². The van der Waals surface area contributed by atoms with Gasteiger partial charge in [0, 0.05) is 25.7 Å². The SMILES string of the molecule is C[C@@H](C1CC1)N(CC(F)(F)F)C(=O)CNC[C@H]1CN(C)CCO1. The number of likely N-dealkylation sites (N-methyl/N-ethyl adjacent to an activating group) is 1. The van der Waals surface area contributed by atoms with Crippen molar-refractivity contribution in [2.75, 3.05) is 46.4 Å². The molecule has 1 aliphatic carbocycles. The quantitative estimate of drug-likeness (QED) is 0.756. The summed E-state index contributed by atoms with van der Waals surface area (Å²) in [6.07, 6.45) is -2.59. The van der Waals surface area contributed by atoms with Gasteiger partial charge in [0.2, 0.25) is 5.91 Å². The molecule has 8 heteroatoms.